The minimum absolute atomic E-state index is 0.498. The fraction of sp³-hybridized carbons (Fsp3) is 0.0667. The van der Waals surface area contributed by atoms with Crippen LogP contribution < -0.4 is 15.4 Å². The molecule has 0 fully saturated rings. The highest BCUT2D eigenvalue weighted by atomic mass is 31.2. The van der Waals surface area contributed by atoms with E-state index in [0.717, 1.165) is 22.3 Å². The molecule has 0 aliphatic heterocycles. The number of benzene rings is 2. The predicted molar refractivity (Wildman–Crippen MR) is 86.8 cm³/mol. The molecule has 0 amide bonds. The number of hydrogen-bond acceptors (Lipinski definition) is 6. The quantitative estimate of drug-likeness (QED) is 0.640. The molecule has 0 aliphatic carbocycles. The minimum Gasteiger partial charge on any atom is -0.497 e. The predicted octanol–water partition coefficient (Wildman–Crippen LogP) is 2.30. The van der Waals surface area contributed by atoms with Crippen LogP contribution in [0.2, 0.25) is 0 Å². The van der Waals surface area contributed by atoms with Crippen LogP contribution in [-0.4, -0.2) is 26.9 Å². The number of nitrogens with zero attached hydrogens (tertiary/aromatic N) is 2. The molecule has 7 heteroatoms. The van der Waals surface area contributed by atoms with Crippen LogP contribution in [0.5, 0.6) is 5.75 Å². The number of hydrogen-bond donors (Lipinski definition) is 3. The van der Waals surface area contributed by atoms with E-state index >= 15 is 0 Å². The second kappa shape index (κ2) is 6.23. The molecule has 0 saturated carbocycles. The van der Waals surface area contributed by atoms with Gasteiger partial charge in [0.25, 0.3) is 0 Å². The molecule has 22 heavy (non-hydrogen) atoms. The van der Waals surface area contributed by atoms with Crippen molar-refractivity contribution in [3.8, 4) is 5.75 Å². The van der Waals surface area contributed by atoms with E-state index in [2.05, 4.69) is 15.3 Å². The van der Waals surface area contributed by atoms with Gasteiger partial charge in [0.1, 0.15) is 17.9 Å². The van der Waals surface area contributed by atoms with Crippen molar-refractivity contribution < 1.29 is 14.5 Å². The number of rotatable bonds is 4. The lowest BCUT2D eigenvalue weighted by Gasteiger charge is -2.10. The normalized spacial score (nSPS) is 10.9. The standard InChI is InChI=1S/C15H14N3O3P/c1-21-11-4-7-13-14(8-11)16-9-17-15(13)18-10-2-5-12(6-3-10)22(19)20/h2-9,19-20H,1H3,(H,16,17,18). The minimum atomic E-state index is -2.07. The molecule has 0 bridgehead atoms. The molecule has 3 N–H and O–H groups in total. The summed E-state index contributed by atoms with van der Waals surface area (Å²) in [6.07, 6.45) is 1.49. The number of fused-ring (bicyclic) bond motifs is 1. The van der Waals surface area contributed by atoms with Crippen molar-refractivity contribution in [2.45, 2.75) is 0 Å². The summed E-state index contributed by atoms with van der Waals surface area (Å²) in [4.78, 5) is 26.8. The first-order valence-corrected chi connectivity index (χ1v) is 7.76. The Hall–Kier alpha value is -2.27. The third kappa shape index (κ3) is 2.99. The molecule has 0 radical (unpaired) electrons. The molecular weight excluding hydrogens is 301 g/mol. The highest BCUT2D eigenvalue weighted by Gasteiger charge is 2.07. The monoisotopic (exact) mass is 315 g/mol. The Bertz CT molecular complexity index is 794. The first-order valence-electron chi connectivity index (χ1n) is 6.51. The van der Waals surface area contributed by atoms with E-state index in [1.54, 1.807) is 31.4 Å². The molecule has 1 heterocycles. The third-order valence-electron chi connectivity index (χ3n) is 3.20. The Morgan fingerprint density at radius 2 is 1.82 bits per heavy atom. The van der Waals surface area contributed by atoms with E-state index in [1.165, 1.54) is 6.33 Å². The van der Waals surface area contributed by atoms with E-state index in [-0.39, 0.29) is 0 Å². The molecule has 6 nitrogen and oxygen atoms in total. The Morgan fingerprint density at radius 1 is 1.05 bits per heavy atom. The maximum atomic E-state index is 9.16. The first kappa shape index (κ1) is 14.7. The van der Waals surface area contributed by atoms with Crippen LogP contribution in [-0.2, 0) is 0 Å². The topological polar surface area (TPSA) is 87.5 Å². The number of nitrogens with one attached hydrogen (secondary N) is 1. The van der Waals surface area contributed by atoms with Gasteiger partial charge in [0, 0.05) is 22.4 Å². The fourth-order valence-corrected chi connectivity index (χ4v) is 2.49. The van der Waals surface area contributed by atoms with Crippen molar-refractivity contribution in [3.05, 3.63) is 48.8 Å². The van der Waals surface area contributed by atoms with Crippen LogP contribution in [0.25, 0.3) is 10.9 Å². The Kier molecular flexibility index (Phi) is 4.15. The van der Waals surface area contributed by atoms with E-state index in [4.69, 9.17) is 14.5 Å². The summed E-state index contributed by atoms with van der Waals surface area (Å²) in [5.74, 6) is 1.41. The number of methoxy groups -OCH3 is 1. The van der Waals surface area contributed by atoms with Crippen LogP contribution in [0.3, 0.4) is 0 Å². The molecule has 3 rings (SSSR count). The van der Waals surface area contributed by atoms with Gasteiger partial charge in [-0.05, 0) is 36.4 Å². The van der Waals surface area contributed by atoms with Gasteiger partial charge in [0.05, 0.1) is 12.6 Å². The highest BCUT2D eigenvalue weighted by molar-refractivity contribution is 7.54. The van der Waals surface area contributed by atoms with Gasteiger partial charge in [-0.15, -0.1) is 0 Å². The van der Waals surface area contributed by atoms with E-state index in [9.17, 15) is 0 Å². The Labute approximate surface area is 128 Å². The number of ether oxygens (including phenoxy) is 1. The van der Waals surface area contributed by atoms with Gasteiger partial charge < -0.3 is 19.8 Å². The van der Waals surface area contributed by atoms with Crippen LogP contribution in [0, 0.1) is 0 Å². The van der Waals surface area contributed by atoms with Crippen molar-refractivity contribution >= 4 is 36.1 Å². The van der Waals surface area contributed by atoms with Gasteiger partial charge in [-0.2, -0.15) is 0 Å². The summed E-state index contributed by atoms with van der Waals surface area (Å²) in [5, 5.41) is 4.57. The summed E-state index contributed by atoms with van der Waals surface area (Å²) in [6.45, 7) is 0. The second-order valence-corrected chi connectivity index (χ2v) is 5.66. The molecule has 1 aromatic heterocycles. The van der Waals surface area contributed by atoms with E-state index in [0.29, 0.717) is 11.1 Å². The molecule has 0 aliphatic rings. The van der Waals surface area contributed by atoms with Gasteiger partial charge in [-0.1, -0.05) is 0 Å². The van der Waals surface area contributed by atoms with Crippen LogP contribution in [0.15, 0.2) is 48.8 Å². The van der Waals surface area contributed by atoms with Crippen LogP contribution >= 0.6 is 8.38 Å². The highest BCUT2D eigenvalue weighted by Crippen LogP contribution is 2.27. The van der Waals surface area contributed by atoms with Crippen molar-refractivity contribution in [1.29, 1.82) is 0 Å². The summed E-state index contributed by atoms with van der Waals surface area (Å²) in [7, 11) is -0.457. The Morgan fingerprint density at radius 3 is 2.50 bits per heavy atom. The lowest BCUT2D eigenvalue weighted by atomic mass is 10.2. The molecule has 0 unspecified atom stereocenters. The lowest BCUT2D eigenvalue weighted by Crippen LogP contribution is -2.01. The maximum Gasteiger partial charge on any atom is 0.199 e. The van der Waals surface area contributed by atoms with E-state index < -0.39 is 8.38 Å². The number of aromatic nitrogens is 2. The zero-order valence-electron chi connectivity index (χ0n) is 11.8. The molecule has 0 atom stereocenters. The lowest BCUT2D eigenvalue weighted by molar-refractivity contribution is 0.415. The zero-order chi connectivity index (χ0) is 15.5. The Balaban J connectivity index is 1.93. The SMILES string of the molecule is COc1ccc2c(Nc3ccc(P(O)O)cc3)ncnc2c1. The van der Waals surface area contributed by atoms with Crippen LogP contribution in [0.1, 0.15) is 0 Å². The average molecular weight is 315 g/mol. The smallest absolute Gasteiger partial charge is 0.199 e. The molecule has 3 aromatic rings. The van der Waals surface area contributed by atoms with Gasteiger partial charge in [-0.3, -0.25) is 0 Å². The van der Waals surface area contributed by atoms with Crippen molar-refractivity contribution in [3.63, 3.8) is 0 Å². The third-order valence-corrected chi connectivity index (χ3v) is 3.96. The summed E-state index contributed by atoms with van der Waals surface area (Å²) >= 11 is 0. The van der Waals surface area contributed by atoms with Gasteiger partial charge in [-0.25, -0.2) is 9.97 Å². The second-order valence-electron chi connectivity index (χ2n) is 4.57. The van der Waals surface area contributed by atoms with Crippen LogP contribution in [0.4, 0.5) is 11.5 Å². The first-order chi connectivity index (χ1) is 10.7. The summed E-state index contributed by atoms with van der Waals surface area (Å²) in [5.41, 5.74) is 1.58. The average Bonchev–Trinajstić information content (AvgIpc) is 2.55. The van der Waals surface area contributed by atoms with Crippen molar-refractivity contribution in [2.24, 2.45) is 0 Å². The fourth-order valence-electron chi connectivity index (χ4n) is 2.08. The number of anilines is 2. The summed E-state index contributed by atoms with van der Waals surface area (Å²) in [6, 6.07) is 12.5. The molecule has 2 aromatic carbocycles. The summed E-state index contributed by atoms with van der Waals surface area (Å²) < 4.78 is 5.19. The zero-order valence-corrected chi connectivity index (χ0v) is 12.7. The largest absolute Gasteiger partial charge is 0.497 e. The molecule has 112 valence electrons. The maximum absolute atomic E-state index is 9.16. The van der Waals surface area contributed by atoms with Gasteiger partial charge in [0.2, 0.25) is 0 Å². The van der Waals surface area contributed by atoms with Crippen molar-refractivity contribution in [2.75, 3.05) is 12.4 Å². The molecule has 0 saturated heterocycles. The molecular formula is C15H14N3O3P. The van der Waals surface area contributed by atoms with Crippen molar-refractivity contribution in [1.82, 2.24) is 9.97 Å². The van der Waals surface area contributed by atoms with Gasteiger partial charge >= 0.3 is 0 Å². The molecule has 0 spiro atoms. The van der Waals surface area contributed by atoms with Gasteiger partial charge in [0.15, 0.2) is 8.38 Å². The van der Waals surface area contributed by atoms with E-state index in [1.807, 2.05) is 18.2 Å².